The lowest BCUT2D eigenvalue weighted by Crippen LogP contribution is -2.32. The minimum atomic E-state index is -1.15. The van der Waals surface area contributed by atoms with Crippen molar-refractivity contribution in [3.63, 3.8) is 0 Å². The molecule has 0 fully saturated rings. The highest BCUT2D eigenvalue weighted by Gasteiger charge is 2.30. The highest BCUT2D eigenvalue weighted by Crippen LogP contribution is 2.21. The van der Waals surface area contributed by atoms with Crippen molar-refractivity contribution in [2.45, 2.75) is 52.9 Å². The maximum atomic E-state index is 11.0. The van der Waals surface area contributed by atoms with Crippen LogP contribution in [-0.4, -0.2) is 126 Å². The van der Waals surface area contributed by atoms with Gasteiger partial charge in [-0.1, -0.05) is 26.8 Å². The number of aliphatic hydroxyl groups excluding tert-OH is 5. The predicted molar refractivity (Wildman–Crippen MR) is 179 cm³/mol. The monoisotopic (exact) mass is 742 g/mol. The number of hydrogen-bond acceptors (Lipinski definition) is 13. The van der Waals surface area contributed by atoms with Crippen LogP contribution in [0.25, 0.3) is 0 Å². The molecule has 2 aromatic carbocycles. The fraction of sp³-hybridized carbons (Fsp3) is 0.441. The molecule has 18 nitrogen and oxygen atoms in total. The Kier molecular flexibility index (Phi) is 23.3. The summed E-state index contributed by atoms with van der Waals surface area (Å²) >= 11 is 0. The smallest absolute Gasteiger partial charge is 0.346 e. The zero-order valence-corrected chi connectivity index (χ0v) is 28.9. The van der Waals surface area contributed by atoms with Crippen molar-refractivity contribution < 1.29 is 89.4 Å². The molecule has 0 aliphatic carbocycles. The van der Waals surface area contributed by atoms with Gasteiger partial charge in [-0.2, -0.15) is 0 Å². The van der Waals surface area contributed by atoms with E-state index < -0.39 is 47.2 Å². The van der Waals surface area contributed by atoms with Gasteiger partial charge >= 0.3 is 41.8 Å². The van der Waals surface area contributed by atoms with Gasteiger partial charge in [0.1, 0.15) is 0 Å². The van der Waals surface area contributed by atoms with E-state index in [0.717, 1.165) is 12.1 Å². The zero-order chi connectivity index (χ0) is 40.7. The summed E-state index contributed by atoms with van der Waals surface area (Å²) < 4.78 is 4.30. The number of carbonyl (C=O) groups excluding carboxylic acids is 2. The van der Waals surface area contributed by atoms with Crippen LogP contribution in [0, 0.1) is 10.8 Å². The van der Waals surface area contributed by atoms with Gasteiger partial charge in [-0.05, 0) is 55.7 Å². The summed E-state index contributed by atoms with van der Waals surface area (Å²) in [5.74, 6) is -6.68. The standard InChI is InChI=1S/C9H4O5.C8H6O4.C6H10O4.C6H14O3.C5H12O2/c10-7(11)4-1-2-5-6(3-4)9(13)14-8(5)12;9-7(10)5-2-1-3-6(4-5)8(11)12;7-5(8)3-1-2-4-6(9)10;1-2-6(3-7,4-8)5-9;1-5(2,3-6)4-7/h1-3H,(H,10,11);1-4H,(H,9,10)(H,11,12);1-4H2,(H,7,8)(H,9,10);7-9H,2-5H2,1H3;6-7H,3-4H2,1-2H3. The molecule has 1 aliphatic heterocycles. The van der Waals surface area contributed by atoms with Crippen LogP contribution in [0.5, 0.6) is 0 Å². The van der Waals surface area contributed by atoms with Crippen LogP contribution in [0.4, 0.5) is 0 Å². The van der Waals surface area contributed by atoms with Gasteiger partial charge < -0.3 is 55.8 Å². The molecule has 0 atom stereocenters. The van der Waals surface area contributed by atoms with Gasteiger partial charge in [0.05, 0.1) is 60.9 Å². The number of cyclic esters (lactones) is 2. The molecule has 0 bridgehead atoms. The molecule has 3 rings (SSSR count). The van der Waals surface area contributed by atoms with E-state index in [-0.39, 0.29) is 79.1 Å². The number of aliphatic hydroxyl groups is 5. The van der Waals surface area contributed by atoms with Gasteiger partial charge in [0.15, 0.2) is 0 Å². The second kappa shape index (κ2) is 24.8. The van der Waals surface area contributed by atoms with Crippen molar-refractivity contribution in [1.29, 1.82) is 0 Å². The molecular formula is C34H46O18. The van der Waals surface area contributed by atoms with E-state index in [0.29, 0.717) is 19.3 Å². The van der Waals surface area contributed by atoms with Crippen LogP contribution in [0.2, 0.25) is 0 Å². The highest BCUT2D eigenvalue weighted by molar-refractivity contribution is 6.15. The van der Waals surface area contributed by atoms with Gasteiger partial charge in [0.2, 0.25) is 0 Å². The number of esters is 2. The number of ether oxygens (including phenoxy) is 1. The Morgan fingerprint density at radius 2 is 0.962 bits per heavy atom. The lowest BCUT2D eigenvalue weighted by atomic mass is 9.88. The maximum Gasteiger partial charge on any atom is 0.346 e. The third-order valence-corrected chi connectivity index (χ3v) is 6.89. The Bertz CT molecular complexity index is 1420. The number of aliphatic carboxylic acids is 2. The van der Waals surface area contributed by atoms with Gasteiger partial charge in [-0.3, -0.25) is 9.59 Å². The first kappa shape index (κ1) is 48.8. The average Bonchev–Trinajstić information content (AvgIpc) is 3.40. The average molecular weight is 743 g/mol. The molecule has 10 N–H and O–H groups in total. The summed E-state index contributed by atoms with van der Waals surface area (Å²) in [7, 11) is 0. The van der Waals surface area contributed by atoms with E-state index in [2.05, 4.69) is 4.74 Å². The zero-order valence-electron chi connectivity index (χ0n) is 28.9. The Hall–Kier alpha value is -5.27. The summed E-state index contributed by atoms with van der Waals surface area (Å²) in [6, 6.07) is 8.85. The van der Waals surface area contributed by atoms with Crippen molar-refractivity contribution in [2.24, 2.45) is 10.8 Å². The maximum absolute atomic E-state index is 11.0. The molecule has 0 aromatic heterocycles. The lowest BCUT2D eigenvalue weighted by Gasteiger charge is -2.24. The first-order chi connectivity index (χ1) is 24.2. The topological polar surface area (TPSA) is 331 Å². The molecule has 0 unspecified atom stereocenters. The van der Waals surface area contributed by atoms with Crippen molar-refractivity contribution in [3.8, 4) is 0 Å². The summed E-state index contributed by atoms with van der Waals surface area (Å²) in [6.45, 7) is 5.04. The summed E-state index contributed by atoms with van der Waals surface area (Å²) in [5, 5.41) is 84.7. The minimum absolute atomic E-state index is 0.00917. The van der Waals surface area contributed by atoms with Gasteiger partial charge in [0, 0.05) is 23.7 Å². The molecule has 0 amide bonds. The van der Waals surface area contributed by atoms with E-state index in [1.165, 1.54) is 30.3 Å². The number of fused-ring (bicyclic) bond motifs is 1. The minimum Gasteiger partial charge on any atom is -0.481 e. The van der Waals surface area contributed by atoms with Crippen LogP contribution in [0.15, 0.2) is 42.5 Å². The van der Waals surface area contributed by atoms with Crippen molar-refractivity contribution in [3.05, 3.63) is 70.3 Å². The quantitative estimate of drug-likeness (QED) is 0.0750. The van der Waals surface area contributed by atoms with Gasteiger partial charge in [0.25, 0.3) is 0 Å². The van der Waals surface area contributed by atoms with E-state index in [1.54, 1.807) is 13.8 Å². The number of aromatic carboxylic acids is 3. The van der Waals surface area contributed by atoms with E-state index >= 15 is 0 Å². The summed E-state index contributed by atoms with van der Waals surface area (Å²) in [4.78, 5) is 73.1. The second-order valence-electron chi connectivity index (χ2n) is 11.7. The number of rotatable bonds is 14. The fourth-order valence-corrected chi connectivity index (χ4v) is 3.09. The summed E-state index contributed by atoms with van der Waals surface area (Å²) in [6.07, 6.45) is 1.61. The molecule has 0 spiro atoms. The molecule has 0 saturated carbocycles. The first-order valence-electron chi connectivity index (χ1n) is 15.4. The highest BCUT2D eigenvalue weighted by atomic mass is 16.6. The molecule has 290 valence electrons. The Balaban J connectivity index is 0. The first-order valence-corrected chi connectivity index (χ1v) is 15.4. The molecule has 18 heteroatoms. The number of carboxylic acids is 5. The predicted octanol–water partition coefficient (Wildman–Crippen LogP) is 1.85. The molecule has 0 radical (unpaired) electrons. The fourth-order valence-electron chi connectivity index (χ4n) is 3.09. The molecule has 52 heavy (non-hydrogen) atoms. The second-order valence-corrected chi connectivity index (χ2v) is 11.7. The van der Waals surface area contributed by atoms with E-state index in [1.807, 2.05) is 6.92 Å². The Labute approximate surface area is 298 Å². The van der Waals surface area contributed by atoms with Crippen LogP contribution in [0.1, 0.15) is 105 Å². The third-order valence-electron chi connectivity index (χ3n) is 6.89. The lowest BCUT2D eigenvalue weighted by molar-refractivity contribution is -0.139. The largest absolute Gasteiger partial charge is 0.481 e. The number of unbranched alkanes of at least 4 members (excludes halogenated alkanes) is 1. The number of benzene rings is 2. The molecule has 2 aromatic rings. The van der Waals surface area contributed by atoms with Crippen LogP contribution in [-0.2, 0) is 14.3 Å². The normalized spacial score (nSPS) is 11.3. The van der Waals surface area contributed by atoms with Crippen LogP contribution >= 0.6 is 0 Å². The van der Waals surface area contributed by atoms with Crippen molar-refractivity contribution in [1.82, 2.24) is 0 Å². The SMILES string of the molecule is CC(C)(CO)CO.CCC(CO)(CO)CO.O=C(O)CCCCC(=O)O.O=C(O)c1ccc2c(c1)C(=O)OC2=O.O=C(O)c1cccc(C(=O)O)c1. The van der Waals surface area contributed by atoms with Crippen molar-refractivity contribution in [2.75, 3.05) is 33.0 Å². The molecular weight excluding hydrogens is 696 g/mol. The van der Waals surface area contributed by atoms with Crippen molar-refractivity contribution >= 4 is 41.8 Å². The Morgan fingerprint density at radius 3 is 1.25 bits per heavy atom. The molecule has 1 aliphatic rings. The van der Waals surface area contributed by atoms with E-state index in [9.17, 15) is 33.6 Å². The van der Waals surface area contributed by atoms with Crippen LogP contribution in [0.3, 0.4) is 0 Å². The number of carbonyl (C=O) groups is 7. The van der Waals surface area contributed by atoms with Crippen LogP contribution < -0.4 is 0 Å². The number of carboxylic acid groups (broad SMARTS) is 5. The molecule has 1 heterocycles. The number of hydrogen-bond donors (Lipinski definition) is 10. The molecule has 0 saturated heterocycles. The summed E-state index contributed by atoms with van der Waals surface area (Å²) in [5.41, 5.74) is -0.935. The van der Waals surface area contributed by atoms with Gasteiger partial charge in [-0.25, -0.2) is 24.0 Å². The Morgan fingerprint density at radius 1 is 0.577 bits per heavy atom. The van der Waals surface area contributed by atoms with E-state index in [4.69, 9.17) is 51.1 Å². The third kappa shape index (κ3) is 19.2. The van der Waals surface area contributed by atoms with Gasteiger partial charge in [-0.15, -0.1) is 0 Å².